The number of nitrogens with zero attached hydrogens (tertiary/aromatic N) is 1. The minimum Gasteiger partial charge on any atom is -0.428 e. The number of benzene rings is 2. The van der Waals surface area contributed by atoms with Crippen LogP contribution in [0.3, 0.4) is 0 Å². The lowest BCUT2D eigenvalue weighted by atomic mass is 9.80. The largest absolute Gasteiger partial charge is 0.461 e. The maximum absolute atomic E-state index is 14.7. The molecule has 0 spiro atoms. The third kappa shape index (κ3) is 6.13. The highest BCUT2D eigenvalue weighted by atomic mass is 35.5. The Morgan fingerprint density at radius 3 is 2.44 bits per heavy atom. The first kappa shape index (κ1) is 25.9. The molecule has 0 saturated heterocycles. The van der Waals surface area contributed by atoms with E-state index in [-0.39, 0.29) is 35.9 Å². The van der Waals surface area contributed by atoms with Gasteiger partial charge in [-0.3, -0.25) is 9.78 Å². The maximum Gasteiger partial charge on any atom is 0.461 e. The van der Waals surface area contributed by atoms with E-state index >= 15 is 0 Å². The monoisotopic (exact) mass is 524 g/mol. The summed E-state index contributed by atoms with van der Waals surface area (Å²) in [5, 5.41) is 3.24. The molecule has 1 aliphatic rings. The predicted molar refractivity (Wildman–Crippen MR) is 124 cm³/mol. The number of ether oxygens (including phenoxy) is 1. The molecule has 3 aromatic rings. The van der Waals surface area contributed by atoms with Crippen LogP contribution in [0.2, 0.25) is 5.02 Å². The van der Waals surface area contributed by atoms with Crippen LogP contribution in [-0.2, 0) is 16.8 Å². The molecular weight excluding hydrogens is 503 g/mol. The van der Waals surface area contributed by atoms with Crippen molar-refractivity contribution in [1.82, 2.24) is 10.3 Å². The summed E-state index contributed by atoms with van der Waals surface area (Å²) in [4.78, 5) is 17.4. The molecule has 0 bridgehead atoms. The highest BCUT2D eigenvalue weighted by Crippen LogP contribution is 2.38. The first-order chi connectivity index (χ1) is 17.1. The van der Waals surface area contributed by atoms with E-state index in [1.165, 1.54) is 18.3 Å². The smallest absolute Gasteiger partial charge is 0.428 e. The Labute approximate surface area is 209 Å². The van der Waals surface area contributed by atoms with Crippen molar-refractivity contribution >= 4 is 17.5 Å². The molecule has 1 heterocycles. The molecule has 1 N–H and O–H groups in total. The number of carbonyl (C=O) groups is 1. The van der Waals surface area contributed by atoms with E-state index in [0.717, 1.165) is 25.0 Å². The van der Waals surface area contributed by atoms with Gasteiger partial charge in [0.15, 0.2) is 0 Å². The van der Waals surface area contributed by atoms with Crippen LogP contribution in [0.25, 0.3) is 0 Å². The first-order valence-electron chi connectivity index (χ1n) is 11.2. The van der Waals surface area contributed by atoms with Crippen molar-refractivity contribution in [2.75, 3.05) is 0 Å². The first-order valence-corrected chi connectivity index (χ1v) is 11.6. The van der Waals surface area contributed by atoms with Gasteiger partial charge in [0.1, 0.15) is 17.1 Å². The van der Waals surface area contributed by atoms with Crippen molar-refractivity contribution in [3.8, 4) is 5.75 Å². The van der Waals surface area contributed by atoms with E-state index in [4.69, 9.17) is 11.6 Å². The molecule has 1 amide bonds. The lowest BCUT2D eigenvalue weighted by molar-refractivity contribution is -0.253. The van der Waals surface area contributed by atoms with Gasteiger partial charge in [0, 0.05) is 25.1 Å². The van der Waals surface area contributed by atoms with E-state index in [1.54, 1.807) is 30.3 Å². The Morgan fingerprint density at radius 1 is 1.11 bits per heavy atom. The number of hydrogen-bond acceptors (Lipinski definition) is 3. The summed E-state index contributed by atoms with van der Waals surface area (Å²) in [6.07, 6.45) is -5.57. The van der Waals surface area contributed by atoms with Crippen LogP contribution in [0.4, 0.5) is 22.0 Å². The Kier molecular flexibility index (Phi) is 7.49. The highest BCUT2D eigenvalue weighted by molar-refractivity contribution is 6.30. The average molecular weight is 525 g/mol. The predicted octanol–water partition coefficient (Wildman–Crippen LogP) is 6.51. The van der Waals surface area contributed by atoms with Crippen LogP contribution < -0.4 is 10.1 Å². The molecule has 0 radical (unpaired) electrons. The van der Waals surface area contributed by atoms with Crippen LogP contribution in [0.5, 0.6) is 5.75 Å². The summed E-state index contributed by atoms with van der Waals surface area (Å²) in [6, 6.07) is 14.6. The van der Waals surface area contributed by atoms with E-state index in [0.29, 0.717) is 16.7 Å². The second-order valence-corrected chi connectivity index (χ2v) is 9.20. The number of aromatic nitrogens is 1. The van der Waals surface area contributed by atoms with E-state index in [9.17, 15) is 26.7 Å². The summed E-state index contributed by atoms with van der Waals surface area (Å²) in [7, 11) is 0. The number of hydrogen-bond donors (Lipinski definition) is 1. The van der Waals surface area contributed by atoms with Crippen LogP contribution >= 0.6 is 11.6 Å². The Morgan fingerprint density at radius 2 is 1.83 bits per heavy atom. The molecule has 190 valence electrons. The number of halogens is 6. The van der Waals surface area contributed by atoms with Gasteiger partial charge in [-0.25, -0.2) is 4.39 Å². The topological polar surface area (TPSA) is 51.2 Å². The standard InChI is InChI=1S/C26H22ClF5N2O2/c27-19-8-9-22(33-15-19)25(14-17-4-2-1-3-5-17,34-23(35)10-16-6-7-16)18-11-20(28)13-21(12-18)36-26(31,32)24(29)30/h1-5,8-9,11-13,15-16,24H,6-7,10,14H2,(H,34,35). The Bertz CT molecular complexity index is 1210. The van der Waals surface area contributed by atoms with Gasteiger partial charge < -0.3 is 10.1 Å². The average Bonchev–Trinajstić information content (AvgIpc) is 3.63. The molecule has 1 atom stereocenters. The summed E-state index contributed by atoms with van der Waals surface area (Å²) in [5.74, 6) is -1.97. The highest BCUT2D eigenvalue weighted by Gasteiger charge is 2.45. The van der Waals surface area contributed by atoms with Crippen molar-refractivity contribution in [3.63, 3.8) is 0 Å². The fraction of sp³-hybridized carbons (Fsp3) is 0.308. The SMILES string of the molecule is O=C(CC1CC1)NC(Cc1ccccc1)(c1cc(F)cc(OC(F)(F)C(F)F)c1)c1ccc(Cl)cn1. The molecule has 4 nitrogen and oxygen atoms in total. The zero-order chi connectivity index (χ0) is 25.9. The van der Waals surface area contributed by atoms with Gasteiger partial charge in [-0.05, 0) is 54.2 Å². The van der Waals surface area contributed by atoms with Gasteiger partial charge in [-0.1, -0.05) is 41.9 Å². The molecule has 36 heavy (non-hydrogen) atoms. The fourth-order valence-electron chi connectivity index (χ4n) is 3.99. The van der Waals surface area contributed by atoms with Crippen LogP contribution in [-0.4, -0.2) is 23.4 Å². The van der Waals surface area contributed by atoms with Crippen molar-refractivity contribution in [2.45, 2.75) is 43.8 Å². The van der Waals surface area contributed by atoms with E-state index in [2.05, 4.69) is 15.0 Å². The number of alkyl halides is 4. The molecule has 1 fully saturated rings. The number of nitrogens with one attached hydrogen (secondary N) is 1. The Hall–Kier alpha value is -3.20. The second-order valence-electron chi connectivity index (χ2n) is 8.77. The molecule has 4 rings (SSSR count). The fourth-order valence-corrected chi connectivity index (χ4v) is 4.11. The normalized spacial score (nSPS) is 15.4. The zero-order valence-electron chi connectivity index (χ0n) is 18.9. The van der Waals surface area contributed by atoms with Crippen molar-refractivity contribution in [1.29, 1.82) is 0 Å². The van der Waals surface area contributed by atoms with E-state index < -0.39 is 29.6 Å². The number of rotatable bonds is 10. The lowest BCUT2D eigenvalue weighted by Gasteiger charge is -2.36. The number of carbonyl (C=O) groups excluding carboxylic acids is 1. The van der Waals surface area contributed by atoms with Crippen molar-refractivity contribution in [3.05, 3.63) is 94.5 Å². The number of pyridine rings is 1. The minimum atomic E-state index is -4.85. The quantitative estimate of drug-likeness (QED) is 0.307. The molecule has 2 aromatic carbocycles. The van der Waals surface area contributed by atoms with Gasteiger partial charge in [0.05, 0.1) is 10.7 Å². The summed E-state index contributed by atoms with van der Waals surface area (Å²) >= 11 is 6.02. The number of amides is 1. The molecule has 0 aliphatic heterocycles. The summed E-state index contributed by atoms with van der Waals surface area (Å²) in [5.41, 5.74) is -0.605. The summed E-state index contributed by atoms with van der Waals surface area (Å²) < 4.78 is 71.8. The van der Waals surface area contributed by atoms with Gasteiger partial charge in [-0.15, -0.1) is 0 Å². The van der Waals surface area contributed by atoms with Crippen LogP contribution in [0, 0.1) is 11.7 Å². The van der Waals surface area contributed by atoms with Gasteiger partial charge >= 0.3 is 12.5 Å². The molecule has 1 aromatic heterocycles. The maximum atomic E-state index is 14.7. The Balaban J connectivity index is 1.88. The minimum absolute atomic E-state index is 0.00890. The summed E-state index contributed by atoms with van der Waals surface area (Å²) in [6.45, 7) is 0. The molecular formula is C26H22ClF5N2O2. The van der Waals surface area contributed by atoms with Crippen molar-refractivity contribution in [2.24, 2.45) is 5.92 Å². The molecule has 10 heteroatoms. The van der Waals surface area contributed by atoms with Crippen LogP contribution in [0.15, 0.2) is 66.9 Å². The lowest BCUT2D eigenvalue weighted by Crippen LogP contribution is -2.49. The van der Waals surface area contributed by atoms with Gasteiger partial charge in [0.25, 0.3) is 0 Å². The van der Waals surface area contributed by atoms with Crippen LogP contribution in [0.1, 0.15) is 36.1 Å². The molecule has 1 unspecified atom stereocenters. The molecule has 1 aliphatic carbocycles. The second kappa shape index (κ2) is 10.4. The van der Waals surface area contributed by atoms with Gasteiger partial charge in [0.2, 0.25) is 5.91 Å². The van der Waals surface area contributed by atoms with E-state index in [1.807, 2.05) is 0 Å². The third-order valence-corrected chi connectivity index (χ3v) is 6.10. The third-order valence-electron chi connectivity index (χ3n) is 5.87. The van der Waals surface area contributed by atoms with Gasteiger partial charge in [-0.2, -0.15) is 17.6 Å². The zero-order valence-corrected chi connectivity index (χ0v) is 19.6. The van der Waals surface area contributed by atoms with Crippen molar-refractivity contribution < 1.29 is 31.5 Å². The molecule has 1 saturated carbocycles.